The highest BCUT2D eigenvalue weighted by Crippen LogP contribution is 2.30. The van der Waals surface area contributed by atoms with Crippen molar-refractivity contribution in [2.24, 2.45) is 0 Å². The molecule has 4 rings (SSSR count). The molecule has 1 amide bonds. The number of alkyl halides is 3. The number of benzene rings is 2. The molecule has 0 aliphatic rings. The topological polar surface area (TPSA) is 81.8 Å². The van der Waals surface area contributed by atoms with Crippen LogP contribution in [-0.4, -0.2) is 25.2 Å². The van der Waals surface area contributed by atoms with Crippen LogP contribution >= 0.6 is 0 Å². The zero-order chi connectivity index (χ0) is 22.0. The third-order valence-electron chi connectivity index (χ3n) is 4.61. The highest BCUT2D eigenvalue weighted by molar-refractivity contribution is 5.90. The van der Waals surface area contributed by atoms with Crippen LogP contribution < -0.4 is 10.9 Å². The maximum atomic E-state index is 12.8. The Labute approximate surface area is 173 Å². The number of anilines is 1. The van der Waals surface area contributed by atoms with E-state index >= 15 is 0 Å². The van der Waals surface area contributed by atoms with Gasteiger partial charge in [-0.1, -0.05) is 24.3 Å². The van der Waals surface area contributed by atoms with Crippen LogP contribution in [0.5, 0.6) is 0 Å². The van der Waals surface area contributed by atoms with Crippen molar-refractivity contribution in [1.82, 2.24) is 19.3 Å². The van der Waals surface area contributed by atoms with Crippen LogP contribution in [0.15, 0.2) is 71.9 Å². The van der Waals surface area contributed by atoms with Crippen molar-refractivity contribution in [2.75, 3.05) is 5.32 Å². The molecular formula is C21H16F3N5O2. The Hall–Kier alpha value is -3.95. The second-order valence-electron chi connectivity index (χ2n) is 6.75. The van der Waals surface area contributed by atoms with Crippen LogP contribution in [0.25, 0.3) is 16.7 Å². The average Bonchev–Trinajstić information content (AvgIpc) is 3.18. The number of hydrogen-bond donors (Lipinski definition) is 1. The number of nitrogens with zero attached hydrogens (tertiary/aromatic N) is 4. The van der Waals surface area contributed by atoms with Gasteiger partial charge in [0.05, 0.1) is 23.8 Å². The predicted molar refractivity (Wildman–Crippen MR) is 108 cm³/mol. The molecule has 0 atom stereocenters. The first kappa shape index (κ1) is 20.3. The zero-order valence-electron chi connectivity index (χ0n) is 16.0. The average molecular weight is 427 g/mol. The highest BCUT2D eigenvalue weighted by atomic mass is 19.4. The quantitative estimate of drug-likeness (QED) is 0.527. The number of hydrogen-bond acceptors (Lipinski definition) is 4. The predicted octanol–water partition coefficient (Wildman–Crippen LogP) is 3.63. The van der Waals surface area contributed by atoms with Crippen LogP contribution in [0.3, 0.4) is 0 Å². The van der Waals surface area contributed by atoms with Crippen molar-refractivity contribution in [3.05, 3.63) is 83.0 Å². The van der Waals surface area contributed by atoms with E-state index < -0.39 is 17.6 Å². The minimum atomic E-state index is -4.50. The normalized spacial score (nSPS) is 11.6. The summed E-state index contributed by atoms with van der Waals surface area (Å²) < 4.78 is 41.2. The highest BCUT2D eigenvalue weighted by Gasteiger charge is 2.30. The van der Waals surface area contributed by atoms with Gasteiger partial charge in [0.25, 0.3) is 5.56 Å². The molecule has 0 radical (unpaired) electrons. The standard InChI is InChI=1S/C21H16F3N5O2/c22-21(23,24)14-5-4-6-15(11-14)27-18(30)9-10-28-13-25-19-17(20(28)31)12-26-29(19)16-7-2-1-3-8-16/h1-8,11-13H,9-10H2,(H,27,30). The molecule has 0 saturated carbocycles. The molecule has 2 aromatic carbocycles. The van der Waals surface area contributed by atoms with Gasteiger partial charge in [-0.15, -0.1) is 0 Å². The van der Waals surface area contributed by atoms with Gasteiger partial charge in [-0.25, -0.2) is 9.67 Å². The number of nitrogens with one attached hydrogen (secondary N) is 1. The van der Waals surface area contributed by atoms with Gasteiger partial charge in [-0.2, -0.15) is 18.3 Å². The largest absolute Gasteiger partial charge is 0.416 e. The summed E-state index contributed by atoms with van der Waals surface area (Å²) in [5, 5.41) is 6.93. The molecule has 0 saturated heterocycles. The van der Waals surface area contributed by atoms with Crippen molar-refractivity contribution in [2.45, 2.75) is 19.1 Å². The number of aromatic nitrogens is 4. The molecule has 7 nitrogen and oxygen atoms in total. The number of para-hydroxylation sites is 1. The summed E-state index contributed by atoms with van der Waals surface area (Å²) in [6.45, 7) is 0.0169. The molecule has 31 heavy (non-hydrogen) atoms. The zero-order valence-corrected chi connectivity index (χ0v) is 16.0. The molecule has 0 aliphatic carbocycles. The van der Waals surface area contributed by atoms with Crippen LogP contribution in [0.2, 0.25) is 0 Å². The van der Waals surface area contributed by atoms with Crippen LogP contribution in [0, 0.1) is 0 Å². The maximum Gasteiger partial charge on any atom is 0.416 e. The second-order valence-corrected chi connectivity index (χ2v) is 6.75. The number of carbonyl (C=O) groups excluding carboxylic acids is 1. The first-order valence-corrected chi connectivity index (χ1v) is 9.28. The summed E-state index contributed by atoms with van der Waals surface area (Å²) in [4.78, 5) is 29.2. The summed E-state index contributed by atoms with van der Waals surface area (Å²) >= 11 is 0. The second kappa shape index (κ2) is 8.05. The van der Waals surface area contributed by atoms with Crippen LogP contribution in [-0.2, 0) is 17.5 Å². The van der Waals surface area contributed by atoms with E-state index in [1.165, 1.54) is 29.2 Å². The minimum Gasteiger partial charge on any atom is -0.326 e. The monoisotopic (exact) mass is 427 g/mol. The van der Waals surface area contributed by atoms with Crippen LogP contribution in [0.1, 0.15) is 12.0 Å². The number of halogens is 3. The lowest BCUT2D eigenvalue weighted by Gasteiger charge is -2.10. The molecule has 0 aliphatic heterocycles. The molecule has 158 valence electrons. The molecule has 4 aromatic rings. The Morgan fingerprint density at radius 1 is 1.06 bits per heavy atom. The maximum absolute atomic E-state index is 12.8. The summed E-state index contributed by atoms with van der Waals surface area (Å²) in [5.41, 5.74) is -0.0426. The Morgan fingerprint density at radius 2 is 1.84 bits per heavy atom. The van der Waals surface area contributed by atoms with E-state index in [1.807, 2.05) is 30.3 Å². The van der Waals surface area contributed by atoms with Crippen molar-refractivity contribution in [3.8, 4) is 5.69 Å². The van der Waals surface area contributed by atoms with E-state index in [0.717, 1.165) is 17.8 Å². The molecule has 0 fully saturated rings. The number of carbonyl (C=O) groups is 1. The van der Waals surface area contributed by atoms with Gasteiger partial charge >= 0.3 is 6.18 Å². The van der Waals surface area contributed by atoms with Crippen LogP contribution in [0.4, 0.5) is 18.9 Å². The van der Waals surface area contributed by atoms with Crippen molar-refractivity contribution < 1.29 is 18.0 Å². The fraction of sp³-hybridized carbons (Fsp3) is 0.143. The van der Waals surface area contributed by atoms with E-state index in [4.69, 9.17) is 0 Å². The Bertz CT molecular complexity index is 1300. The Kier molecular flexibility index (Phi) is 5.28. The van der Waals surface area contributed by atoms with Gasteiger partial charge in [-0.05, 0) is 30.3 Å². The lowest BCUT2D eigenvalue weighted by Crippen LogP contribution is -2.23. The fourth-order valence-corrected chi connectivity index (χ4v) is 3.08. The lowest BCUT2D eigenvalue weighted by molar-refractivity contribution is -0.137. The van der Waals surface area contributed by atoms with Crippen molar-refractivity contribution in [3.63, 3.8) is 0 Å². The molecule has 0 spiro atoms. The van der Waals surface area contributed by atoms with E-state index in [1.54, 1.807) is 4.68 Å². The third-order valence-corrected chi connectivity index (χ3v) is 4.61. The summed E-state index contributed by atoms with van der Waals surface area (Å²) in [5.74, 6) is -0.522. The van der Waals surface area contributed by atoms with Gasteiger partial charge in [0.2, 0.25) is 5.91 Å². The van der Waals surface area contributed by atoms with E-state index in [9.17, 15) is 22.8 Å². The van der Waals surface area contributed by atoms with E-state index in [2.05, 4.69) is 15.4 Å². The van der Waals surface area contributed by atoms with E-state index in [0.29, 0.717) is 11.0 Å². The SMILES string of the molecule is O=C(CCn1cnc2c(cnn2-c2ccccc2)c1=O)Nc1cccc(C(F)(F)F)c1. The molecule has 1 N–H and O–H groups in total. The first-order chi connectivity index (χ1) is 14.8. The molecule has 0 unspecified atom stereocenters. The van der Waals surface area contributed by atoms with Gasteiger partial charge in [0, 0.05) is 18.7 Å². The van der Waals surface area contributed by atoms with Gasteiger partial charge in [0.15, 0.2) is 5.65 Å². The molecule has 10 heteroatoms. The van der Waals surface area contributed by atoms with Crippen molar-refractivity contribution >= 4 is 22.6 Å². The molecule has 2 aromatic heterocycles. The van der Waals surface area contributed by atoms with E-state index in [-0.39, 0.29) is 24.2 Å². The molecular weight excluding hydrogens is 411 g/mol. The Balaban J connectivity index is 1.48. The third kappa shape index (κ3) is 4.32. The Morgan fingerprint density at radius 3 is 2.58 bits per heavy atom. The lowest BCUT2D eigenvalue weighted by atomic mass is 10.2. The molecule has 2 heterocycles. The summed E-state index contributed by atoms with van der Waals surface area (Å²) in [6, 6.07) is 13.6. The first-order valence-electron chi connectivity index (χ1n) is 9.28. The number of fused-ring (bicyclic) bond motifs is 1. The van der Waals surface area contributed by atoms with Gasteiger partial charge in [-0.3, -0.25) is 14.2 Å². The number of rotatable bonds is 5. The summed E-state index contributed by atoms with van der Waals surface area (Å²) in [6.07, 6.45) is -1.88. The fourth-order valence-electron chi connectivity index (χ4n) is 3.08. The smallest absolute Gasteiger partial charge is 0.326 e. The number of aryl methyl sites for hydroxylation is 1. The minimum absolute atomic E-state index is 0.0169. The number of amides is 1. The summed E-state index contributed by atoms with van der Waals surface area (Å²) in [7, 11) is 0. The van der Waals surface area contributed by atoms with Crippen molar-refractivity contribution in [1.29, 1.82) is 0 Å². The van der Waals surface area contributed by atoms with Gasteiger partial charge in [0.1, 0.15) is 5.39 Å². The van der Waals surface area contributed by atoms with Gasteiger partial charge < -0.3 is 5.32 Å². The molecule has 0 bridgehead atoms.